The minimum Gasteiger partial charge on any atom is -0.398 e. The van der Waals surface area contributed by atoms with Crippen molar-refractivity contribution in [3.05, 3.63) is 23.2 Å². The Hall–Kier alpha value is -0.860. The molecule has 1 aromatic carbocycles. The Bertz CT molecular complexity index is 553. The molecule has 20 heavy (non-hydrogen) atoms. The summed E-state index contributed by atoms with van der Waals surface area (Å²) in [4.78, 5) is 1.60. The molecule has 0 saturated heterocycles. The maximum Gasteiger partial charge on any atom is 0.244 e. The van der Waals surface area contributed by atoms with Crippen LogP contribution in [-0.2, 0) is 10.0 Å². The molecule has 0 radical (unpaired) electrons. The Kier molecular flexibility index (Phi) is 5.39. The van der Waals surface area contributed by atoms with Gasteiger partial charge >= 0.3 is 0 Å². The molecule has 0 spiro atoms. The molecular formula is C12H20ClN3O3S. The number of nitrogens with two attached hydrogens (primary N) is 1. The molecule has 0 amide bonds. The van der Waals surface area contributed by atoms with Gasteiger partial charge in [0.05, 0.1) is 16.3 Å². The highest BCUT2D eigenvalue weighted by atomic mass is 35.5. The maximum absolute atomic E-state index is 12.2. The van der Waals surface area contributed by atoms with Gasteiger partial charge in [-0.3, -0.25) is 0 Å². The number of nitrogens with one attached hydrogen (secondary N) is 1. The molecule has 0 aliphatic heterocycles. The quantitative estimate of drug-likeness (QED) is 0.664. The van der Waals surface area contributed by atoms with E-state index in [9.17, 15) is 13.5 Å². The van der Waals surface area contributed by atoms with Crippen molar-refractivity contribution in [2.75, 3.05) is 32.9 Å². The van der Waals surface area contributed by atoms with E-state index in [-0.39, 0.29) is 22.2 Å². The van der Waals surface area contributed by atoms with E-state index in [1.54, 1.807) is 32.0 Å². The van der Waals surface area contributed by atoms with E-state index in [4.69, 9.17) is 17.3 Å². The largest absolute Gasteiger partial charge is 0.398 e. The van der Waals surface area contributed by atoms with E-state index >= 15 is 0 Å². The molecule has 8 heteroatoms. The number of hydrogen-bond donors (Lipinski definition) is 3. The monoisotopic (exact) mass is 321 g/mol. The summed E-state index contributed by atoms with van der Waals surface area (Å²) >= 11 is 5.88. The maximum atomic E-state index is 12.2. The Labute approximate surface area is 124 Å². The normalized spacial score (nSPS) is 15.3. The third kappa shape index (κ3) is 4.60. The minimum absolute atomic E-state index is 0.0461. The molecule has 0 heterocycles. The molecule has 0 aliphatic carbocycles. The predicted molar refractivity (Wildman–Crippen MR) is 80.2 cm³/mol. The lowest BCUT2D eigenvalue weighted by atomic mass is 10.1. The van der Waals surface area contributed by atoms with Crippen molar-refractivity contribution in [1.29, 1.82) is 0 Å². The standard InChI is InChI=1S/C12H20ClN3O3S/c1-12(17,8-16(2)3)7-15-20(18,19)11-9(13)5-4-6-10(11)14/h4-6,15,17H,7-8,14H2,1-3H3. The number of hydrogen-bond acceptors (Lipinski definition) is 5. The van der Waals surface area contributed by atoms with Gasteiger partial charge in [-0.1, -0.05) is 17.7 Å². The zero-order chi connectivity index (χ0) is 15.6. The van der Waals surface area contributed by atoms with Crippen molar-refractivity contribution in [3.8, 4) is 0 Å². The second kappa shape index (κ2) is 6.28. The molecular weight excluding hydrogens is 302 g/mol. The Morgan fingerprint density at radius 3 is 2.55 bits per heavy atom. The average molecular weight is 322 g/mol. The van der Waals surface area contributed by atoms with Crippen LogP contribution < -0.4 is 10.5 Å². The smallest absolute Gasteiger partial charge is 0.244 e. The van der Waals surface area contributed by atoms with Gasteiger partial charge in [0.25, 0.3) is 0 Å². The van der Waals surface area contributed by atoms with Crippen LogP contribution in [0.15, 0.2) is 23.1 Å². The van der Waals surface area contributed by atoms with Crippen LogP contribution in [0.25, 0.3) is 0 Å². The number of halogens is 1. The molecule has 0 aromatic heterocycles. The van der Waals surface area contributed by atoms with Gasteiger partial charge in [-0.15, -0.1) is 0 Å². The molecule has 0 bridgehead atoms. The molecule has 0 fully saturated rings. The number of rotatable bonds is 6. The second-order valence-electron chi connectivity index (χ2n) is 5.22. The van der Waals surface area contributed by atoms with E-state index in [0.29, 0.717) is 6.54 Å². The Morgan fingerprint density at radius 2 is 2.05 bits per heavy atom. The zero-order valence-electron chi connectivity index (χ0n) is 11.7. The summed E-state index contributed by atoms with van der Waals surface area (Å²) < 4.78 is 26.7. The van der Waals surface area contributed by atoms with Gasteiger partial charge in [0, 0.05) is 13.1 Å². The van der Waals surface area contributed by atoms with Crippen molar-refractivity contribution in [2.24, 2.45) is 0 Å². The molecule has 0 aliphatic rings. The average Bonchev–Trinajstić information content (AvgIpc) is 2.24. The first-order chi connectivity index (χ1) is 9.05. The lowest BCUT2D eigenvalue weighted by Crippen LogP contribution is -2.47. The first-order valence-corrected chi connectivity index (χ1v) is 7.82. The predicted octanol–water partition coefficient (Wildman–Crippen LogP) is 0.513. The third-order valence-corrected chi connectivity index (χ3v) is 4.51. The third-order valence-electron chi connectivity index (χ3n) is 2.57. The summed E-state index contributed by atoms with van der Waals surface area (Å²) in [5.41, 5.74) is 4.52. The highest BCUT2D eigenvalue weighted by Crippen LogP contribution is 2.26. The van der Waals surface area contributed by atoms with Gasteiger partial charge in [-0.05, 0) is 33.2 Å². The first kappa shape index (κ1) is 17.2. The second-order valence-corrected chi connectivity index (χ2v) is 7.33. The highest BCUT2D eigenvalue weighted by molar-refractivity contribution is 7.89. The van der Waals surface area contributed by atoms with Crippen LogP contribution in [-0.4, -0.2) is 51.2 Å². The number of nitrogen functional groups attached to an aromatic ring is 1. The van der Waals surface area contributed by atoms with E-state index < -0.39 is 15.6 Å². The zero-order valence-corrected chi connectivity index (χ0v) is 13.3. The van der Waals surface area contributed by atoms with Gasteiger partial charge in [0.2, 0.25) is 10.0 Å². The van der Waals surface area contributed by atoms with Crippen LogP contribution >= 0.6 is 11.6 Å². The van der Waals surface area contributed by atoms with Gasteiger partial charge in [-0.25, -0.2) is 13.1 Å². The summed E-state index contributed by atoms with van der Waals surface area (Å²) in [6.07, 6.45) is 0. The van der Waals surface area contributed by atoms with Crippen LogP contribution in [0.1, 0.15) is 6.92 Å². The molecule has 4 N–H and O–H groups in total. The summed E-state index contributed by atoms with van der Waals surface area (Å²) in [5, 5.41) is 10.1. The fraction of sp³-hybridized carbons (Fsp3) is 0.500. The SMILES string of the molecule is CN(C)CC(C)(O)CNS(=O)(=O)c1c(N)cccc1Cl. The van der Waals surface area contributed by atoms with Gasteiger partial charge in [0.1, 0.15) is 4.90 Å². The van der Waals surface area contributed by atoms with Crippen molar-refractivity contribution in [3.63, 3.8) is 0 Å². The van der Waals surface area contributed by atoms with Crippen LogP contribution in [0.2, 0.25) is 5.02 Å². The number of sulfonamides is 1. The van der Waals surface area contributed by atoms with Crippen LogP contribution in [0.3, 0.4) is 0 Å². The van der Waals surface area contributed by atoms with Crippen molar-refractivity contribution >= 4 is 27.3 Å². The molecule has 6 nitrogen and oxygen atoms in total. The van der Waals surface area contributed by atoms with E-state index in [1.165, 1.54) is 12.1 Å². The topological polar surface area (TPSA) is 95.7 Å². The minimum atomic E-state index is -3.88. The summed E-state index contributed by atoms with van der Waals surface area (Å²) in [5.74, 6) is 0. The molecule has 1 rings (SSSR count). The van der Waals surface area contributed by atoms with E-state index in [2.05, 4.69) is 4.72 Å². The lowest BCUT2D eigenvalue weighted by Gasteiger charge is -2.27. The lowest BCUT2D eigenvalue weighted by molar-refractivity contribution is 0.0386. The van der Waals surface area contributed by atoms with Crippen LogP contribution in [0.4, 0.5) is 5.69 Å². The Morgan fingerprint density at radius 1 is 1.45 bits per heavy atom. The molecule has 1 aromatic rings. The van der Waals surface area contributed by atoms with Crippen LogP contribution in [0.5, 0.6) is 0 Å². The molecule has 1 atom stereocenters. The molecule has 1 unspecified atom stereocenters. The fourth-order valence-corrected chi connectivity index (χ4v) is 3.70. The van der Waals surface area contributed by atoms with E-state index in [1.807, 2.05) is 0 Å². The van der Waals surface area contributed by atoms with Gasteiger partial charge in [-0.2, -0.15) is 0 Å². The Balaban J connectivity index is 2.92. The number of likely N-dealkylation sites (N-methyl/N-ethyl adjacent to an activating group) is 1. The van der Waals surface area contributed by atoms with Crippen molar-refractivity contribution < 1.29 is 13.5 Å². The van der Waals surface area contributed by atoms with E-state index in [0.717, 1.165) is 0 Å². The number of benzene rings is 1. The first-order valence-electron chi connectivity index (χ1n) is 5.96. The summed E-state index contributed by atoms with van der Waals surface area (Å²) in [6, 6.07) is 4.47. The number of anilines is 1. The van der Waals surface area contributed by atoms with Crippen molar-refractivity contribution in [2.45, 2.75) is 17.4 Å². The number of aliphatic hydroxyl groups is 1. The molecule has 0 saturated carbocycles. The number of nitrogens with zero attached hydrogens (tertiary/aromatic N) is 1. The summed E-state index contributed by atoms with van der Waals surface area (Å²) in [6.45, 7) is 1.72. The fourth-order valence-electron chi connectivity index (χ4n) is 1.87. The van der Waals surface area contributed by atoms with Gasteiger partial charge in [0.15, 0.2) is 0 Å². The van der Waals surface area contributed by atoms with Crippen LogP contribution in [0, 0.1) is 0 Å². The van der Waals surface area contributed by atoms with Crippen molar-refractivity contribution in [1.82, 2.24) is 9.62 Å². The highest BCUT2D eigenvalue weighted by Gasteiger charge is 2.27. The van der Waals surface area contributed by atoms with Gasteiger partial charge < -0.3 is 15.7 Å². The molecule has 114 valence electrons. The summed E-state index contributed by atoms with van der Waals surface area (Å²) in [7, 11) is -0.303.